The quantitative estimate of drug-likeness (QED) is 0.514. The Hall–Kier alpha value is -1.92. The van der Waals surface area contributed by atoms with Gasteiger partial charge in [-0.15, -0.1) is 21.5 Å². The van der Waals surface area contributed by atoms with Crippen LogP contribution in [-0.4, -0.2) is 25.8 Å². The first-order valence-corrected chi connectivity index (χ1v) is 9.03. The van der Waals surface area contributed by atoms with Crippen molar-refractivity contribution in [1.82, 2.24) is 14.8 Å². The molecule has 0 aliphatic carbocycles. The second-order valence-corrected chi connectivity index (χ2v) is 7.59. The molecule has 4 nitrogen and oxygen atoms in total. The van der Waals surface area contributed by atoms with Gasteiger partial charge in [-0.2, -0.15) is 0 Å². The average Bonchev–Trinajstić information content (AvgIpc) is 3.18. The third-order valence-corrected chi connectivity index (χ3v) is 5.56. The van der Waals surface area contributed by atoms with Crippen molar-refractivity contribution in [3.63, 3.8) is 0 Å². The fourth-order valence-corrected chi connectivity index (χ4v) is 3.84. The lowest BCUT2D eigenvalue weighted by atomic mass is 10.1. The molecule has 118 valence electrons. The number of hydrogen-bond donors (Lipinski definition) is 0. The van der Waals surface area contributed by atoms with Gasteiger partial charge in [-0.1, -0.05) is 47.7 Å². The summed E-state index contributed by atoms with van der Waals surface area (Å²) in [5, 5.41) is 11.0. The number of thioether (sulfide) groups is 1. The minimum absolute atomic E-state index is 0.107. The summed E-state index contributed by atoms with van der Waals surface area (Å²) in [6.07, 6.45) is 0. The average molecular weight is 343 g/mol. The second kappa shape index (κ2) is 6.68. The standard InChI is InChI=1S/C17H17N3OS2/c1-11-6-8-13(9-7-11)15(21)12(2)23-17-19-18-16(20(17)3)14-5-4-10-22-14/h4-10,12H,1-3H3. The van der Waals surface area contributed by atoms with Crippen LogP contribution in [0.15, 0.2) is 46.9 Å². The molecule has 1 unspecified atom stereocenters. The summed E-state index contributed by atoms with van der Waals surface area (Å²) in [4.78, 5) is 13.6. The number of hydrogen-bond acceptors (Lipinski definition) is 5. The molecule has 3 rings (SSSR count). The SMILES string of the molecule is Cc1ccc(C(=O)C(C)Sc2nnc(-c3cccs3)n2C)cc1. The van der Waals surface area contributed by atoms with Crippen molar-refractivity contribution in [3.8, 4) is 10.7 Å². The maximum absolute atomic E-state index is 12.5. The smallest absolute Gasteiger partial charge is 0.191 e. The zero-order valence-electron chi connectivity index (χ0n) is 13.2. The van der Waals surface area contributed by atoms with E-state index >= 15 is 0 Å². The molecule has 1 aromatic carbocycles. The zero-order valence-corrected chi connectivity index (χ0v) is 14.8. The topological polar surface area (TPSA) is 47.8 Å². The second-order valence-electron chi connectivity index (χ2n) is 5.33. The van der Waals surface area contributed by atoms with Crippen molar-refractivity contribution in [2.45, 2.75) is 24.3 Å². The number of aromatic nitrogens is 3. The number of carbonyl (C=O) groups excluding carboxylic acids is 1. The molecular weight excluding hydrogens is 326 g/mol. The highest BCUT2D eigenvalue weighted by Crippen LogP contribution is 2.29. The molecule has 0 amide bonds. The van der Waals surface area contributed by atoms with E-state index < -0.39 is 0 Å². The number of aryl methyl sites for hydroxylation is 1. The van der Waals surface area contributed by atoms with Gasteiger partial charge in [0.15, 0.2) is 16.8 Å². The fraction of sp³-hybridized carbons (Fsp3) is 0.235. The van der Waals surface area contributed by atoms with Crippen molar-refractivity contribution in [3.05, 3.63) is 52.9 Å². The number of benzene rings is 1. The largest absolute Gasteiger partial charge is 0.304 e. The summed E-state index contributed by atoms with van der Waals surface area (Å²) in [5.74, 6) is 0.938. The number of Topliss-reactive ketones (excluding diaryl/α,β-unsaturated/α-hetero) is 1. The lowest BCUT2D eigenvalue weighted by molar-refractivity contribution is 0.0994. The molecule has 1 atom stereocenters. The number of rotatable bonds is 5. The molecule has 0 fully saturated rings. The molecule has 0 bridgehead atoms. The summed E-state index contributed by atoms with van der Waals surface area (Å²) >= 11 is 3.07. The Balaban J connectivity index is 1.77. The molecule has 0 aliphatic rings. The van der Waals surface area contributed by atoms with Crippen LogP contribution in [-0.2, 0) is 7.05 Å². The van der Waals surface area contributed by atoms with Crippen LogP contribution in [0.4, 0.5) is 0 Å². The third-order valence-electron chi connectivity index (χ3n) is 3.56. The first kappa shape index (κ1) is 16.0. The van der Waals surface area contributed by atoms with Crippen LogP contribution < -0.4 is 0 Å². The van der Waals surface area contributed by atoms with Gasteiger partial charge < -0.3 is 4.57 Å². The maximum atomic E-state index is 12.5. The van der Waals surface area contributed by atoms with E-state index in [1.165, 1.54) is 11.8 Å². The van der Waals surface area contributed by atoms with E-state index in [-0.39, 0.29) is 11.0 Å². The lowest BCUT2D eigenvalue weighted by Crippen LogP contribution is -2.14. The van der Waals surface area contributed by atoms with Crippen molar-refractivity contribution >= 4 is 28.9 Å². The third kappa shape index (κ3) is 3.38. The molecule has 0 aliphatic heterocycles. The summed E-state index contributed by atoms with van der Waals surface area (Å²) in [7, 11) is 1.93. The Bertz CT molecular complexity index is 807. The van der Waals surface area contributed by atoms with Gasteiger partial charge in [-0.3, -0.25) is 4.79 Å². The van der Waals surface area contributed by atoms with Crippen LogP contribution in [0.2, 0.25) is 0 Å². The number of carbonyl (C=O) groups is 1. The molecule has 23 heavy (non-hydrogen) atoms. The van der Waals surface area contributed by atoms with Crippen LogP contribution in [0.25, 0.3) is 10.7 Å². The van der Waals surface area contributed by atoms with Crippen LogP contribution in [0.1, 0.15) is 22.8 Å². The molecule has 3 aromatic rings. The van der Waals surface area contributed by atoms with E-state index in [2.05, 4.69) is 10.2 Å². The highest BCUT2D eigenvalue weighted by Gasteiger charge is 2.20. The number of thiophene rings is 1. The van der Waals surface area contributed by atoms with Crippen LogP contribution in [0.3, 0.4) is 0 Å². The highest BCUT2D eigenvalue weighted by molar-refractivity contribution is 8.00. The van der Waals surface area contributed by atoms with E-state index in [1.54, 1.807) is 11.3 Å². The van der Waals surface area contributed by atoms with Gasteiger partial charge in [0.2, 0.25) is 0 Å². The van der Waals surface area contributed by atoms with Gasteiger partial charge in [0.1, 0.15) is 0 Å². The van der Waals surface area contributed by atoms with E-state index in [0.717, 1.165) is 27.0 Å². The predicted molar refractivity (Wildman–Crippen MR) is 95.1 cm³/mol. The molecule has 0 spiro atoms. The van der Waals surface area contributed by atoms with Crippen LogP contribution in [0, 0.1) is 6.92 Å². The number of ketones is 1. The van der Waals surface area contributed by atoms with E-state index in [4.69, 9.17) is 0 Å². The first-order valence-electron chi connectivity index (χ1n) is 7.27. The van der Waals surface area contributed by atoms with Crippen molar-refractivity contribution in [2.24, 2.45) is 7.05 Å². The van der Waals surface area contributed by atoms with Crippen LogP contribution in [0.5, 0.6) is 0 Å². The normalized spacial score (nSPS) is 12.3. The lowest BCUT2D eigenvalue weighted by Gasteiger charge is -2.10. The van der Waals surface area contributed by atoms with Gasteiger partial charge in [0.05, 0.1) is 10.1 Å². The molecule has 6 heteroatoms. The molecule has 0 saturated carbocycles. The molecule has 0 N–H and O–H groups in total. The minimum Gasteiger partial charge on any atom is -0.304 e. The maximum Gasteiger partial charge on any atom is 0.191 e. The Kier molecular flexibility index (Phi) is 4.63. The Morgan fingerprint density at radius 3 is 2.61 bits per heavy atom. The van der Waals surface area contributed by atoms with E-state index in [0.29, 0.717) is 0 Å². The molecule has 2 heterocycles. The van der Waals surface area contributed by atoms with Crippen molar-refractivity contribution in [2.75, 3.05) is 0 Å². The monoisotopic (exact) mass is 343 g/mol. The van der Waals surface area contributed by atoms with Gasteiger partial charge in [-0.05, 0) is 25.3 Å². The predicted octanol–water partition coefficient (Wildman–Crippen LogP) is 4.22. The highest BCUT2D eigenvalue weighted by atomic mass is 32.2. The summed E-state index contributed by atoms with van der Waals surface area (Å²) in [5.41, 5.74) is 1.88. The Labute approximate surface area is 143 Å². The van der Waals surface area contributed by atoms with Gasteiger partial charge >= 0.3 is 0 Å². The summed E-state index contributed by atoms with van der Waals surface area (Å²) in [6.45, 7) is 3.92. The van der Waals surface area contributed by atoms with Crippen molar-refractivity contribution < 1.29 is 4.79 Å². The Morgan fingerprint density at radius 1 is 1.22 bits per heavy atom. The molecule has 0 radical (unpaired) electrons. The first-order chi connectivity index (χ1) is 11.1. The zero-order chi connectivity index (χ0) is 16.4. The van der Waals surface area contributed by atoms with Gasteiger partial charge in [0, 0.05) is 12.6 Å². The Morgan fingerprint density at radius 2 is 1.96 bits per heavy atom. The molecule has 2 aromatic heterocycles. The minimum atomic E-state index is -0.211. The van der Waals surface area contributed by atoms with Gasteiger partial charge in [0.25, 0.3) is 0 Å². The van der Waals surface area contributed by atoms with E-state index in [9.17, 15) is 4.79 Å². The molecule has 0 saturated heterocycles. The molecular formula is C17H17N3OS2. The fourth-order valence-electron chi connectivity index (χ4n) is 2.20. The van der Waals surface area contributed by atoms with E-state index in [1.807, 2.05) is 67.2 Å². The summed E-state index contributed by atoms with van der Waals surface area (Å²) in [6, 6.07) is 11.7. The van der Waals surface area contributed by atoms with Crippen molar-refractivity contribution in [1.29, 1.82) is 0 Å². The summed E-state index contributed by atoms with van der Waals surface area (Å²) < 4.78 is 1.94. The van der Waals surface area contributed by atoms with Crippen LogP contribution >= 0.6 is 23.1 Å². The van der Waals surface area contributed by atoms with Gasteiger partial charge in [-0.25, -0.2) is 0 Å². The number of nitrogens with zero attached hydrogens (tertiary/aromatic N) is 3.